The molecule has 3 rings (SSSR count). The number of hydrogen-bond donors (Lipinski definition) is 0. The number of nitriles is 1. The second-order valence-corrected chi connectivity index (χ2v) is 6.39. The van der Waals surface area contributed by atoms with Crippen LogP contribution in [0, 0.1) is 17.2 Å². The first kappa shape index (κ1) is 14.6. The first-order valence-corrected chi connectivity index (χ1v) is 8.27. The van der Waals surface area contributed by atoms with E-state index in [9.17, 15) is 5.26 Å². The maximum absolute atomic E-state index is 9.35. The van der Waals surface area contributed by atoms with Gasteiger partial charge in [-0.15, -0.1) is 0 Å². The van der Waals surface area contributed by atoms with Crippen molar-refractivity contribution in [1.29, 1.82) is 5.26 Å². The molecule has 0 spiro atoms. The van der Waals surface area contributed by atoms with Gasteiger partial charge in [0.15, 0.2) is 0 Å². The van der Waals surface area contributed by atoms with Gasteiger partial charge in [-0.2, -0.15) is 5.26 Å². The van der Waals surface area contributed by atoms with Crippen LogP contribution in [-0.2, 0) is 6.54 Å². The lowest BCUT2D eigenvalue weighted by Crippen LogP contribution is -2.52. The normalized spacial score (nSPS) is 28.1. The highest BCUT2D eigenvalue weighted by Crippen LogP contribution is 2.28. The highest BCUT2D eigenvalue weighted by molar-refractivity contribution is 5.14. The van der Waals surface area contributed by atoms with Gasteiger partial charge in [-0.1, -0.05) is 43.2 Å². The van der Waals surface area contributed by atoms with Gasteiger partial charge in [0.2, 0.25) is 0 Å². The molecule has 3 heteroatoms. The molecule has 1 saturated carbocycles. The Balaban J connectivity index is 1.52. The average Bonchev–Trinajstić information content (AvgIpc) is 2.56. The van der Waals surface area contributed by atoms with Gasteiger partial charge in [-0.25, -0.2) is 0 Å². The second-order valence-electron chi connectivity index (χ2n) is 6.39. The lowest BCUT2D eigenvalue weighted by atomic mass is 9.84. The molecule has 1 aromatic rings. The number of piperazine rings is 1. The maximum atomic E-state index is 9.35. The Labute approximate surface area is 128 Å². The Morgan fingerprint density at radius 2 is 1.71 bits per heavy atom. The quantitative estimate of drug-likeness (QED) is 0.854. The minimum Gasteiger partial charge on any atom is -0.297 e. The molecule has 0 amide bonds. The number of nitrogens with zero attached hydrogens (tertiary/aromatic N) is 3. The average molecular weight is 283 g/mol. The van der Waals surface area contributed by atoms with Gasteiger partial charge in [0, 0.05) is 38.8 Å². The van der Waals surface area contributed by atoms with E-state index in [1.165, 1.54) is 24.8 Å². The van der Waals surface area contributed by atoms with E-state index in [1.54, 1.807) is 0 Å². The van der Waals surface area contributed by atoms with E-state index in [0.717, 1.165) is 39.1 Å². The minimum atomic E-state index is 0.263. The third-order valence-corrected chi connectivity index (χ3v) is 5.02. The maximum Gasteiger partial charge on any atom is 0.0672 e. The van der Waals surface area contributed by atoms with Crippen LogP contribution in [-0.4, -0.2) is 42.0 Å². The van der Waals surface area contributed by atoms with E-state index in [-0.39, 0.29) is 5.92 Å². The molecular formula is C18H25N3. The van der Waals surface area contributed by atoms with Crippen LogP contribution in [0.4, 0.5) is 0 Å². The van der Waals surface area contributed by atoms with Crippen LogP contribution < -0.4 is 0 Å². The van der Waals surface area contributed by atoms with Crippen LogP contribution in [0.15, 0.2) is 30.3 Å². The summed E-state index contributed by atoms with van der Waals surface area (Å²) >= 11 is 0. The molecule has 1 heterocycles. The lowest BCUT2D eigenvalue weighted by Gasteiger charge is -2.42. The molecule has 1 saturated heterocycles. The summed E-state index contributed by atoms with van der Waals surface area (Å²) in [7, 11) is 0. The fourth-order valence-electron chi connectivity index (χ4n) is 3.79. The van der Waals surface area contributed by atoms with E-state index in [0.29, 0.717) is 6.04 Å². The summed E-state index contributed by atoms with van der Waals surface area (Å²) in [6.45, 7) is 5.56. The van der Waals surface area contributed by atoms with Gasteiger partial charge >= 0.3 is 0 Å². The molecule has 1 aliphatic heterocycles. The van der Waals surface area contributed by atoms with E-state index in [2.05, 4.69) is 46.2 Å². The standard InChI is InChI=1S/C18H25N3/c19-14-17-8-4-5-9-18(17)21-12-10-20(11-13-21)15-16-6-2-1-3-7-16/h1-3,6-7,17-18H,4-5,8-13,15H2. The van der Waals surface area contributed by atoms with Crippen molar-refractivity contribution >= 4 is 0 Å². The molecule has 0 aromatic heterocycles. The van der Waals surface area contributed by atoms with Crippen molar-refractivity contribution in [1.82, 2.24) is 9.80 Å². The predicted molar refractivity (Wildman–Crippen MR) is 84.7 cm³/mol. The summed E-state index contributed by atoms with van der Waals surface area (Å²) in [5.41, 5.74) is 1.40. The molecule has 0 bridgehead atoms. The fourth-order valence-corrected chi connectivity index (χ4v) is 3.79. The topological polar surface area (TPSA) is 30.3 Å². The molecule has 112 valence electrons. The molecule has 1 aromatic carbocycles. The molecule has 3 nitrogen and oxygen atoms in total. The molecule has 0 radical (unpaired) electrons. The lowest BCUT2D eigenvalue weighted by molar-refractivity contribution is 0.0601. The van der Waals surface area contributed by atoms with Crippen molar-refractivity contribution in [3.05, 3.63) is 35.9 Å². The Hall–Kier alpha value is -1.37. The summed E-state index contributed by atoms with van der Waals surface area (Å²) in [5, 5.41) is 9.35. The van der Waals surface area contributed by atoms with Crippen molar-refractivity contribution in [2.24, 2.45) is 5.92 Å². The van der Waals surface area contributed by atoms with Crippen molar-refractivity contribution < 1.29 is 0 Å². The molecule has 2 atom stereocenters. The molecule has 2 unspecified atom stereocenters. The summed E-state index contributed by atoms with van der Waals surface area (Å²) in [4.78, 5) is 5.12. The highest BCUT2D eigenvalue weighted by Gasteiger charge is 2.31. The first-order valence-electron chi connectivity index (χ1n) is 8.27. The largest absolute Gasteiger partial charge is 0.297 e. The SMILES string of the molecule is N#CC1CCCCC1N1CCN(Cc2ccccc2)CC1. The Kier molecular flexibility index (Phi) is 4.90. The molecule has 2 aliphatic rings. The van der Waals surface area contributed by atoms with E-state index < -0.39 is 0 Å². The highest BCUT2D eigenvalue weighted by atomic mass is 15.3. The molecule has 21 heavy (non-hydrogen) atoms. The summed E-state index contributed by atoms with van der Waals surface area (Å²) in [5.74, 6) is 0.263. The van der Waals surface area contributed by atoms with Crippen LogP contribution in [0.3, 0.4) is 0 Å². The van der Waals surface area contributed by atoms with Crippen molar-refractivity contribution in [2.75, 3.05) is 26.2 Å². The van der Waals surface area contributed by atoms with Crippen LogP contribution in [0.5, 0.6) is 0 Å². The van der Waals surface area contributed by atoms with Crippen LogP contribution in [0.2, 0.25) is 0 Å². The second kappa shape index (κ2) is 7.06. The first-order chi connectivity index (χ1) is 10.4. The van der Waals surface area contributed by atoms with Gasteiger partial charge in [0.25, 0.3) is 0 Å². The molecular weight excluding hydrogens is 258 g/mol. The minimum absolute atomic E-state index is 0.263. The zero-order valence-corrected chi connectivity index (χ0v) is 12.7. The molecule has 2 fully saturated rings. The van der Waals surface area contributed by atoms with E-state index in [1.807, 2.05) is 0 Å². The van der Waals surface area contributed by atoms with Gasteiger partial charge in [-0.3, -0.25) is 9.80 Å². The number of hydrogen-bond acceptors (Lipinski definition) is 3. The Morgan fingerprint density at radius 1 is 1.00 bits per heavy atom. The monoisotopic (exact) mass is 283 g/mol. The van der Waals surface area contributed by atoms with Gasteiger partial charge in [0.1, 0.15) is 0 Å². The summed E-state index contributed by atoms with van der Waals surface area (Å²) in [6.07, 6.45) is 4.86. The van der Waals surface area contributed by atoms with Gasteiger partial charge in [-0.05, 0) is 18.4 Å². The third kappa shape index (κ3) is 3.64. The van der Waals surface area contributed by atoms with Gasteiger partial charge in [0.05, 0.1) is 12.0 Å². The smallest absolute Gasteiger partial charge is 0.0672 e. The predicted octanol–water partition coefficient (Wildman–Crippen LogP) is 2.89. The van der Waals surface area contributed by atoms with Crippen LogP contribution in [0.1, 0.15) is 31.2 Å². The zero-order chi connectivity index (χ0) is 14.5. The fraction of sp³-hybridized carbons (Fsp3) is 0.611. The van der Waals surface area contributed by atoms with Crippen LogP contribution in [0.25, 0.3) is 0 Å². The number of benzene rings is 1. The Morgan fingerprint density at radius 3 is 2.43 bits per heavy atom. The zero-order valence-electron chi connectivity index (χ0n) is 12.7. The number of rotatable bonds is 3. The van der Waals surface area contributed by atoms with Gasteiger partial charge < -0.3 is 0 Å². The third-order valence-electron chi connectivity index (χ3n) is 5.02. The van der Waals surface area contributed by atoms with Crippen LogP contribution >= 0.6 is 0 Å². The van der Waals surface area contributed by atoms with Crippen molar-refractivity contribution in [2.45, 2.75) is 38.3 Å². The Bertz CT molecular complexity index is 471. The summed E-state index contributed by atoms with van der Waals surface area (Å²) in [6, 6.07) is 13.8. The van der Waals surface area contributed by atoms with Crippen molar-refractivity contribution in [3.63, 3.8) is 0 Å². The molecule has 1 aliphatic carbocycles. The van der Waals surface area contributed by atoms with Crippen molar-refractivity contribution in [3.8, 4) is 6.07 Å². The molecule has 0 N–H and O–H groups in total. The van der Waals surface area contributed by atoms with E-state index >= 15 is 0 Å². The van der Waals surface area contributed by atoms with E-state index in [4.69, 9.17) is 0 Å². The summed E-state index contributed by atoms with van der Waals surface area (Å²) < 4.78 is 0.